The van der Waals surface area contributed by atoms with Crippen LogP contribution in [0, 0.1) is 17.3 Å². The highest BCUT2D eigenvalue weighted by Gasteiger charge is 2.52. The van der Waals surface area contributed by atoms with Crippen LogP contribution in [0.5, 0.6) is 0 Å². The number of ketones is 1. The van der Waals surface area contributed by atoms with Crippen LogP contribution in [0.15, 0.2) is 24.3 Å². The van der Waals surface area contributed by atoms with Gasteiger partial charge < -0.3 is 15.3 Å². The summed E-state index contributed by atoms with van der Waals surface area (Å²) in [6.07, 6.45) is 9.39. The minimum Gasteiger partial charge on any atom is -0.481 e. The smallest absolute Gasteiger partial charge is 0.303 e. The fourth-order valence-corrected chi connectivity index (χ4v) is 3.38. The second-order valence-corrected chi connectivity index (χ2v) is 7.45. The Bertz CT molecular complexity index is 506. The van der Waals surface area contributed by atoms with Gasteiger partial charge in [-0.1, -0.05) is 51.5 Å². The molecule has 0 saturated heterocycles. The largest absolute Gasteiger partial charge is 0.481 e. The van der Waals surface area contributed by atoms with Crippen molar-refractivity contribution < 1.29 is 24.9 Å². The molecular weight excluding hydrogens is 320 g/mol. The van der Waals surface area contributed by atoms with Crippen LogP contribution in [0.3, 0.4) is 0 Å². The molecule has 1 rings (SSSR count). The molecule has 4 unspecified atom stereocenters. The van der Waals surface area contributed by atoms with Crippen molar-refractivity contribution in [2.24, 2.45) is 17.3 Å². The van der Waals surface area contributed by atoms with Gasteiger partial charge in [-0.3, -0.25) is 9.59 Å². The van der Waals surface area contributed by atoms with Crippen molar-refractivity contribution in [1.82, 2.24) is 0 Å². The molecule has 1 aliphatic rings. The number of unbranched alkanes of at least 4 members (excludes halogenated alkanes) is 1. The van der Waals surface area contributed by atoms with E-state index in [4.69, 9.17) is 5.11 Å². The lowest BCUT2D eigenvalue weighted by molar-refractivity contribution is -0.137. The monoisotopic (exact) mass is 352 g/mol. The quantitative estimate of drug-likeness (QED) is 0.415. The van der Waals surface area contributed by atoms with E-state index in [1.165, 1.54) is 0 Å². The van der Waals surface area contributed by atoms with Crippen LogP contribution in [-0.2, 0) is 9.59 Å². The SMILES string of the molecule is CCCC(O)C=CC1C(CC=CCCCC(=O)O)C(=O)C(C)(C)C1O. The average molecular weight is 352 g/mol. The predicted molar refractivity (Wildman–Crippen MR) is 97.1 cm³/mol. The molecule has 0 bridgehead atoms. The third-order valence-electron chi connectivity index (χ3n) is 5.00. The summed E-state index contributed by atoms with van der Waals surface area (Å²) in [5, 5.41) is 29.1. The van der Waals surface area contributed by atoms with E-state index < -0.39 is 23.6 Å². The molecule has 5 nitrogen and oxygen atoms in total. The fourth-order valence-electron chi connectivity index (χ4n) is 3.38. The Hall–Kier alpha value is -1.46. The number of Topliss-reactive ketones (excluding diaryl/α,β-unsaturated/α-hetero) is 1. The molecule has 5 heteroatoms. The predicted octanol–water partition coefficient (Wildman–Crippen LogP) is 3.11. The van der Waals surface area contributed by atoms with E-state index in [0.717, 1.165) is 6.42 Å². The summed E-state index contributed by atoms with van der Waals surface area (Å²) >= 11 is 0. The van der Waals surface area contributed by atoms with Gasteiger partial charge in [0.05, 0.1) is 17.6 Å². The lowest BCUT2D eigenvalue weighted by atomic mass is 9.86. The Kier molecular flexibility index (Phi) is 8.53. The highest BCUT2D eigenvalue weighted by Crippen LogP contribution is 2.44. The summed E-state index contributed by atoms with van der Waals surface area (Å²) in [5.74, 6) is -1.39. The molecule has 0 radical (unpaired) electrons. The zero-order valence-corrected chi connectivity index (χ0v) is 15.5. The van der Waals surface area contributed by atoms with E-state index in [1.807, 2.05) is 19.1 Å². The zero-order chi connectivity index (χ0) is 19.0. The molecule has 1 saturated carbocycles. The fraction of sp³-hybridized carbons (Fsp3) is 0.700. The van der Waals surface area contributed by atoms with Crippen molar-refractivity contribution in [3.05, 3.63) is 24.3 Å². The van der Waals surface area contributed by atoms with Gasteiger partial charge in [-0.05, 0) is 25.7 Å². The van der Waals surface area contributed by atoms with Crippen molar-refractivity contribution in [2.75, 3.05) is 0 Å². The number of allylic oxidation sites excluding steroid dienone is 2. The van der Waals surface area contributed by atoms with Crippen LogP contribution >= 0.6 is 0 Å². The van der Waals surface area contributed by atoms with Gasteiger partial charge in [0.15, 0.2) is 0 Å². The Morgan fingerprint density at radius 2 is 2.00 bits per heavy atom. The van der Waals surface area contributed by atoms with Crippen molar-refractivity contribution in [3.8, 4) is 0 Å². The molecule has 142 valence electrons. The summed E-state index contributed by atoms with van der Waals surface area (Å²) in [6, 6.07) is 0. The number of aliphatic hydroxyl groups is 2. The molecule has 25 heavy (non-hydrogen) atoms. The molecule has 1 aliphatic carbocycles. The number of aliphatic hydroxyl groups excluding tert-OH is 2. The maximum absolute atomic E-state index is 12.7. The first-order valence-electron chi connectivity index (χ1n) is 9.17. The Balaban J connectivity index is 2.73. The molecule has 0 amide bonds. The summed E-state index contributed by atoms with van der Waals surface area (Å²) < 4.78 is 0. The van der Waals surface area contributed by atoms with Gasteiger partial charge in [0.1, 0.15) is 5.78 Å². The number of carboxylic acids is 1. The number of hydrogen-bond acceptors (Lipinski definition) is 4. The molecule has 4 atom stereocenters. The summed E-state index contributed by atoms with van der Waals surface area (Å²) in [7, 11) is 0. The first kappa shape index (κ1) is 21.6. The van der Waals surface area contributed by atoms with Gasteiger partial charge in [-0.15, -0.1) is 0 Å². The molecule has 0 aromatic heterocycles. The van der Waals surface area contributed by atoms with Gasteiger partial charge in [-0.2, -0.15) is 0 Å². The van der Waals surface area contributed by atoms with Crippen molar-refractivity contribution in [3.63, 3.8) is 0 Å². The topological polar surface area (TPSA) is 94.8 Å². The van der Waals surface area contributed by atoms with E-state index in [1.54, 1.807) is 26.0 Å². The Morgan fingerprint density at radius 3 is 2.60 bits per heavy atom. The van der Waals surface area contributed by atoms with Crippen LogP contribution in [0.2, 0.25) is 0 Å². The highest BCUT2D eigenvalue weighted by atomic mass is 16.4. The van der Waals surface area contributed by atoms with E-state index >= 15 is 0 Å². The standard InChI is InChI=1S/C20H32O5/c1-4-9-14(21)12-13-16-15(18(24)20(2,3)19(16)25)10-7-5-6-8-11-17(22)23/h5,7,12-16,19,21,25H,4,6,8-11H2,1-3H3,(H,22,23). The highest BCUT2D eigenvalue weighted by molar-refractivity contribution is 5.90. The first-order chi connectivity index (χ1) is 11.7. The number of rotatable bonds is 10. The zero-order valence-electron chi connectivity index (χ0n) is 15.5. The number of hydrogen-bond donors (Lipinski definition) is 3. The Labute approximate surface area is 150 Å². The van der Waals surface area contributed by atoms with Crippen LogP contribution in [0.25, 0.3) is 0 Å². The van der Waals surface area contributed by atoms with Gasteiger partial charge >= 0.3 is 5.97 Å². The van der Waals surface area contributed by atoms with E-state index in [9.17, 15) is 19.8 Å². The van der Waals surface area contributed by atoms with Gasteiger partial charge in [-0.25, -0.2) is 0 Å². The van der Waals surface area contributed by atoms with Crippen molar-refractivity contribution in [2.45, 2.75) is 71.5 Å². The maximum Gasteiger partial charge on any atom is 0.303 e. The third kappa shape index (κ3) is 6.08. The summed E-state index contributed by atoms with van der Waals surface area (Å²) in [5.41, 5.74) is -0.799. The van der Waals surface area contributed by atoms with Crippen LogP contribution in [0.1, 0.15) is 59.3 Å². The number of carbonyl (C=O) groups excluding carboxylic acids is 1. The lowest BCUT2D eigenvalue weighted by Crippen LogP contribution is -2.31. The van der Waals surface area contributed by atoms with Crippen LogP contribution in [0.4, 0.5) is 0 Å². The van der Waals surface area contributed by atoms with Crippen LogP contribution in [-0.4, -0.2) is 39.3 Å². The van der Waals surface area contributed by atoms with Gasteiger partial charge in [0, 0.05) is 18.3 Å². The molecule has 0 spiro atoms. The first-order valence-corrected chi connectivity index (χ1v) is 9.17. The normalized spacial score (nSPS) is 27.4. The molecule has 1 fully saturated rings. The van der Waals surface area contributed by atoms with Crippen molar-refractivity contribution >= 4 is 11.8 Å². The molecule has 0 aliphatic heterocycles. The van der Waals surface area contributed by atoms with Gasteiger partial charge in [0.25, 0.3) is 0 Å². The second-order valence-electron chi connectivity index (χ2n) is 7.45. The molecular formula is C20H32O5. The van der Waals surface area contributed by atoms with E-state index in [-0.39, 0.29) is 24.0 Å². The minimum atomic E-state index is -0.805. The molecule has 3 N–H and O–H groups in total. The second kappa shape index (κ2) is 9.88. The Morgan fingerprint density at radius 1 is 1.32 bits per heavy atom. The van der Waals surface area contributed by atoms with E-state index in [0.29, 0.717) is 25.7 Å². The number of carboxylic acid groups (broad SMARTS) is 1. The molecule has 0 heterocycles. The third-order valence-corrected chi connectivity index (χ3v) is 5.00. The number of carbonyl (C=O) groups is 2. The molecule has 0 aromatic rings. The van der Waals surface area contributed by atoms with Crippen LogP contribution < -0.4 is 0 Å². The van der Waals surface area contributed by atoms with Crippen molar-refractivity contribution in [1.29, 1.82) is 0 Å². The minimum absolute atomic E-state index is 0.0369. The maximum atomic E-state index is 12.7. The summed E-state index contributed by atoms with van der Waals surface area (Å²) in [6.45, 7) is 5.52. The number of aliphatic carboxylic acids is 1. The lowest BCUT2D eigenvalue weighted by Gasteiger charge is -2.22. The van der Waals surface area contributed by atoms with E-state index in [2.05, 4.69) is 0 Å². The van der Waals surface area contributed by atoms with Gasteiger partial charge in [0.2, 0.25) is 0 Å². The molecule has 0 aromatic carbocycles. The summed E-state index contributed by atoms with van der Waals surface area (Å²) in [4.78, 5) is 23.1. The average Bonchev–Trinajstić information content (AvgIpc) is 2.69.